The van der Waals surface area contributed by atoms with Crippen molar-refractivity contribution in [2.75, 3.05) is 5.32 Å². The van der Waals surface area contributed by atoms with E-state index in [0.29, 0.717) is 0 Å². The Morgan fingerprint density at radius 2 is 1.80 bits per heavy atom. The molecule has 7 heteroatoms. The minimum Gasteiger partial charge on any atom is -0.507 e. The zero-order chi connectivity index (χ0) is 14.9. The van der Waals surface area contributed by atoms with Crippen molar-refractivity contribution in [3.63, 3.8) is 0 Å². The highest BCUT2D eigenvalue weighted by molar-refractivity contribution is 14.1. The van der Waals surface area contributed by atoms with Gasteiger partial charge < -0.3 is 10.4 Å². The molecule has 0 fully saturated rings. The van der Waals surface area contributed by atoms with Gasteiger partial charge in [0, 0.05) is 3.57 Å². The number of anilines is 1. The summed E-state index contributed by atoms with van der Waals surface area (Å²) in [5, 5.41) is 12.1. The number of aromatic hydroxyl groups is 1. The average Bonchev–Trinajstić information content (AvgIpc) is 2.36. The van der Waals surface area contributed by atoms with Crippen LogP contribution >= 0.6 is 45.8 Å². The van der Waals surface area contributed by atoms with Crippen LogP contribution in [0.4, 0.5) is 10.1 Å². The second-order valence-corrected chi connectivity index (χ2v) is 5.92. The Bertz CT molecular complexity index is 671. The SMILES string of the molecule is O=C(Nc1c(Cl)cc(F)cc1Cl)c1cc(I)ccc1O. The van der Waals surface area contributed by atoms with Crippen LogP contribution in [0.2, 0.25) is 10.0 Å². The third kappa shape index (κ3) is 3.34. The lowest BCUT2D eigenvalue weighted by atomic mass is 10.2. The smallest absolute Gasteiger partial charge is 0.259 e. The average molecular weight is 426 g/mol. The maximum atomic E-state index is 13.1. The Balaban J connectivity index is 2.35. The minimum atomic E-state index is -0.602. The van der Waals surface area contributed by atoms with Gasteiger partial charge in [-0.05, 0) is 52.9 Å². The molecule has 0 saturated carbocycles. The Morgan fingerprint density at radius 3 is 2.40 bits per heavy atom. The van der Waals surface area contributed by atoms with Crippen molar-refractivity contribution >= 4 is 57.4 Å². The van der Waals surface area contributed by atoms with Gasteiger partial charge in [0.15, 0.2) is 0 Å². The molecule has 0 aliphatic heterocycles. The van der Waals surface area contributed by atoms with Gasteiger partial charge in [0.1, 0.15) is 11.6 Å². The first-order chi connectivity index (χ1) is 9.38. The summed E-state index contributed by atoms with van der Waals surface area (Å²) in [6.07, 6.45) is 0. The van der Waals surface area contributed by atoms with Gasteiger partial charge in [0.2, 0.25) is 0 Å². The molecule has 2 rings (SSSR count). The molecule has 0 saturated heterocycles. The van der Waals surface area contributed by atoms with Crippen molar-refractivity contribution in [1.82, 2.24) is 0 Å². The molecule has 0 heterocycles. The predicted octanol–water partition coefficient (Wildman–Crippen LogP) is 4.70. The summed E-state index contributed by atoms with van der Waals surface area (Å²) in [5.74, 6) is -1.36. The Kier molecular flexibility index (Phi) is 4.72. The normalized spacial score (nSPS) is 10.4. The molecule has 0 aliphatic carbocycles. The number of phenols is 1. The number of hydrogen-bond donors (Lipinski definition) is 2. The fraction of sp³-hybridized carbons (Fsp3) is 0. The zero-order valence-corrected chi connectivity index (χ0v) is 13.4. The molecular formula is C13H7Cl2FINO2. The van der Waals surface area contributed by atoms with Crippen LogP contribution in [-0.4, -0.2) is 11.0 Å². The van der Waals surface area contributed by atoms with E-state index in [1.54, 1.807) is 6.07 Å². The summed E-state index contributed by atoms with van der Waals surface area (Å²) in [6.45, 7) is 0. The highest BCUT2D eigenvalue weighted by atomic mass is 127. The molecule has 2 aromatic carbocycles. The second kappa shape index (κ2) is 6.15. The minimum absolute atomic E-state index is 0.0199. The molecule has 0 radical (unpaired) electrons. The van der Waals surface area contributed by atoms with E-state index in [1.165, 1.54) is 12.1 Å². The van der Waals surface area contributed by atoms with Crippen molar-refractivity contribution in [2.24, 2.45) is 0 Å². The summed E-state index contributed by atoms with van der Waals surface area (Å²) in [4.78, 5) is 12.1. The monoisotopic (exact) mass is 425 g/mol. The fourth-order valence-corrected chi connectivity index (χ4v) is 2.58. The summed E-state index contributed by atoms with van der Waals surface area (Å²) in [7, 11) is 0. The van der Waals surface area contributed by atoms with E-state index >= 15 is 0 Å². The maximum absolute atomic E-state index is 13.1. The third-order valence-electron chi connectivity index (χ3n) is 2.45. The van der Waals surface area contributed by atoms with E-state index in [9.17, 15) is 14.3 Å². The lowest BCUT2D eigenvalue weighted by molar-refractivity contribution is 0.102. The Hall–Kier alpha value is -1.05. The second-order valence-electron chi connectivity index (χ2n) is 3.86. The van der Waals surface area contributed by atoms with Gasteiger partial charge in [-0.1, -0.05) is 23.2 Å². The van der Waals surface area contributed by atoms with Crippen LogP contribution in [0.5, 0.6) is 5.75 Å². The lowest BCUT2D eigenvalue weighted by Gasteiger charge is -2.10. The lowest BCUT2D eigenvalue weighted by Crippen LogP contribution is -2.13. The molecule has 1 amide bonds. The van der Waals surface area contributed by atoms with Crippen LogP contribution in [-0.2, 0) is 0 Å². The highest BCUT2D eigenvalue weighted by Crippen LogP contribution is 2.32. The molecule has 0 unspecified atom stereocenters. The largest absolute Gasteiger partial charge is 0.507 e. The first-order valence-corrected chi connectivity index (χ1v) is 7.16. The van der Waals surface area contributed by atoms with Gasteiger partial charge in [-0.2, -0.15) is 0 Å². The molecule has 20 heavy (non-hydrogen) atoms. The molecule has 0 bridgehead atoms. The van der Waals surface area contributed by atoms with E-state index in [2.05, 4.69) is 5.32 Å². The Labute approximate surface area is 137 Å². The summed E-state index contributed by atoms with van der Waals surface area (Å²) < 4.78 is 13.8. The van der Waals surface area contributed by atoms with Crippen LogP contribution in [0.1, 0.15) is 10.4 Å². The quantitative estimate of drug-likeness (QED) is 0.685. The third-order valence-corrected chi connectivity index (χ3v) is 3.72. The molecular weight excluding hydrogens is 419 g/mol. The van der Waals surface area contributed by atoms with E-state index in [0.717, 1.165) is 15.7 Å². The van der Waals surface area contributed by atoms with Gasteiger partial charge in [-0.15, -0.1) is 0 Å². The number of benzene rings is 2. The van der Waals surface area contributed by atoms with Crippen LogP contribution < -0.4 is 5.32 Å². The maximum Gasteiger partial charge on any atom is 0.259 e. The topological polar surface area (TPSA) is 49.3 Å². The van der Waals surface area contributed by atoms with E-state index in [1.807, 2.05) is 22.6 Å². The molecule has 0 aliphatic rings. The zero-order valence-electron chi connectivity index (χ0n) is 9.75. The Morgan fingerprint density at radius 1 is 1.20 bits per heavy atom. The molecule has 104 valence electrons. The number of amides is 1. The van der Waals surface area contributed by atoms with Gasteiger partial charge in [-0.25, -0.2) is 4.39 Å². The summed E-state index contributed by atoms with van der Waals surface area (Å²) in [6, 6.07) is 6.65. The van der Waals surface area contributed by atoms with Crippen LogP contribution in [0.15, 0.2) is 30.3 Å². The van der Waals surface area contributed by atoms with Crippen LogP contribution in [0.25, 0.3) is 0 Å². The molecule has 0 aromatic heterocycles. The van der Waals surface area contributed by atoms with Crippen molar-refractivity contribution in [2.45, 2.75) is 0 Å². The van der Waals surface area contributed by atoms with Crippen molar-refractivity contribution in [1.29, 1.82) is 0 Å². The number of phenolic OH excluding ortho intramolecular Hbond substituents is 1. The highest BCUT2D eigenvalue weighted by Gasteiger charge is 2.16. The summed E-state index contributed by atoms with van der Waals surface area (Å²) >= 11 is 13.7. The first kappa shape index (κ1) is 15.3. The first-order valence-electron chi connectivity index (χ1n) is 5.33. The molecule has 3 nitrogen and oxygen atoms in total. The molecule has 0 spiro atoms. The van der Waals surface area contributed by atoms with Crippen molar-refractivity contribution < 1.29 is 14.3 Å². The van der Waals surface area contributed by atoms with E-state index < -0.39 is 11.7 Å². The van der Waals surface area contributed by atoms with E-state index in [-0.39, 0.29) is 27.0 Å². The van der Waals surface area contributed by atoms with Crippen molar-refractivity contribution in [3.8, 4) is 5.75 Å². The number of carbonyl (C=O) groups is 1. The number of halogens is 4. The molecule has 2 aromatic rings. The summed E-state index contributed by atoms with van der Waals surface area (Å²) in [5.41, 5.74) is 0.173. The van der Waals surface area contributed by atoms with Crippen LogP contribution in [0.3, 0.4) is 0 Å². The van der Waals surface area contributed by atoms with Gasteiger partial charge in [0.05, 0.1) is 21.3 Å². The number of hydrogen-bond acceptors (Lipinski definition) is 2. The number of nitrogens with one attached hydrogen (secondary N) is 1. The predicted molar refractivity (Wildman–Crippen MR) is 85.2 cm³/mol. The van der Waals surface area contributed by atoms with Gasteiger partial charge >= 0.3 is 0 Å². The fourth-order valence-electron chi connectivity index (χ4n) is 1.53. The molecule has 2 N–H and O–H groups in total. The number of carbonyl (C=O) groups excluding carboxylic acids is 1. The number of rotatable bonds is 2. The van der Waals surface area contributed by atoms with Gasteiger partial charge in [0.25, 0.3) is 5.91 Å². The standard InChI is InChI=1S/C13H7Cl2FINO2/c14-9-3-6(16)4-10(15)12(9)18-13(20)8-5-7(17)1-2-11(8)19/h1-5,19H,(H,18,20). The van der Waals surface area contributed by atoms with Crippen LogP contribution in [0, 0.1) is 9.39 Å². The van der Waals surface area contributed by atoms with Gasteiger partial charge in [-0.3, -0.25) is 4.79 Å². The molecule has 0 atom stereocenters. The van der Waals surface area contributed by atoms with E-state index in [4.69, 9.17) is 23.2 Å². The van der Waals surface area contributed by atoms with Crippen molar-refractivity contribution in [3.05, 3.63) is 55.3 Å².